The number of benzene rings is 1. The summed E-state index contributed by atoms with van der Waals surface area (Å²) >= 11 is 17.0. The van der Waals surface area contributed by atoms with Crippen molar-refractivity contribution in [2.24, 2.45) is 0 Å². The van der Waals surface area contributed by atoms with Gasteiger partial charge in [0.2, 0.25) is 5.78 Å². The number of para-hydroxylation sites is 1. The third-order valence-electron chi connectivity index (χ3n) is 2.95. The van der Waals surface area contributed by atoms with Gasteiger partial charge in [0.15, 0.2) is 0 Å². The van der Waals surface area contributed by atoms with E-state index in [0.717, 1.165) is 17.1 Å². The zero-order valence-electron chi connectivity index (χ0n) is 10.5. The summed E-state index contributed by atoms with van der Waals surface area (Å²) in [7, 11) is 0. The number of rotatable bonds is 2. The fourth-order valence-corrected chi connectivity index (χ4v) is 2.43. The van der Waals surface area contributed by atoms with Crippen LogP contribution in [0.25, 0.3) is 5.69 Å². The van der Waals surface area contributed by atoms with Gasteiger partial charge >= 0.3 is 0 Å². The number of ketones is 1. The number of carbonyl (C=O) groups is 1. The van der Waals surface area contributed by atoms with E-state index in [1.807, 2.05) is 48.7 Å². The van der Waals surface area contributed by atoms with E-state index in [9.17, 15) is 4.79 Å². The second-order valence-electron chi connectivity index (χ2n) is 4.28. The van der Waals surface area contributed by atoms with Crippen LogP contribution in [0.5, 0.6) is 0 Å². The molecule has 0 atom stereocenters. The second-order valence-corrected chi connectivity index (χ2v) is 6.56. The number of carbonyl (C=O) groups excluding carboxylic acids is 1. The molecule has 2 rings (SSSR count). The largest absolute Gasteiger partial charge is 0.318 e. The fourth-order valence-electron chi connectivity index (χ4n) is 2.12. The first kappa shape index (κ1) is 14.4. The molecule has 100 valence electrons. The van der Waals surface area contributed by atoms with Crippen molar-refractivity contribution >= 4 is 40.6 Å². The van der Waals surface area contributed by atoms with E-state index in [1.54, 1.807) is 6.07 Å². The molecule has 0 fully saturated rings. The molecule has 0 amide bonds. The predicted octanol–water partition coefficient (Wildman–Crippen LogP) is 4.65. The summed E-state index contributed by atoms with van der Waals surface area (Å²) in [4.78, 5) is 12.1. The van der Waals surface area contributed by atoms with Gasteiger partial charge in [0.05, 0.1) is 0 Å². The van der Waals surface area contributed by atoms with Crippen LogP contribution < -0.4 is 0 Å². The lowest BCUT2D eigenvalue weighted by Gasteiger charge is -2.11. The number of aryl methyl sites for hydroxylation is 1. The summed E-state index contributed by atoms with van der Waals surface area (Å²) in [5.74, 6) is -0.507. The Morgan fingerprint density at radius 1 is 1.11 bits per heavy atom. The molecule has 19 heavy (non-hydrogen) atoms. The molecule has 1 aromatic heterocycles. The van der Waals surface area contributed by atoms with Gasteiger partial charge in [0.25, 0.3) is 3.79 Å². The summed E-state index contributed by atoms with van der Waals surface area (Å²) in [6.45, 7) is 3.75. The highest BCUT2D eigenvalue weighted by molar-refractivity contribution is 6.77. The second kappa shape index (κ2) is 5.20. The minimum absolute atomic E-state index is 0.432. The van der Waals surface area contributed by atoms with Crippen molar-refractivity contribution in [1.82, 2.24) is 4.57 Å². The van der Waals surface area contributed by atoms with Crippen LogP contribution in [-0.4, -0.2) is 14.1 Å². The maximum Gasteiger partial charge on any atom is 0.253 e. The Bertz CT molecular complexity index is 612. The molecule has 5 heteroatoms. The van der Waals surface area contributed by atoms with Gasteiger partial charge in [-0.15, -0.1) is 0 Å². The highest BCUT2D eigenvalue weighted by Crippen LogP contribution is 2.33. The van der Waals surface area contributed by atoms with Crippen LogP contribution in [0, 0.1) is 13.8 Å². The van der Waals surface area contributed by atoms with E-state index < -0.39 is 9.58 Å². The van der Waals surface area contributed by atoms with Gasteiger partial charge in [0.1, 0.15) is 0 Å². The Hall–Kier alpha value is -0.960. The highest BCUT2D eigenvalue weighted by atomic mass is 35.6. The molecule has 0 aliphatic rings. The maximum atomic E-state index is 12.1. The lowest BCUT2D eigenvalue weighted by molar-refractivity contribution is 0.0996. The standard InChI is InChI=1S/C14H12Cl3NO/c1-9-8-12(13(19)14(15,16)17)10(2)18(9)11-6-4-3-5-7-11/h3-8H,1-2H3. The van der Waals surface area contributed by atoms with Crippen molar-refractivity contribution in [2.75, 3.05) is 0 Å². The quantitative estimate of drug-likeness (QED) is 0.584. The number of hydrogen-bond donors (Lipinski definition) is 0. The zero-order chi connectivity index (χ0) is 14.2. The molecule has 2 aromatic rings. The number of alkyl halides is 3. The van der Waals surface area contributed by atoms with Crippen molar-refractivity contribution in [1.29, 1.82) is 0 Å². The minimum Gasteiger partial charge on any atom is -0.318 e. The van der Waals surface area contributed by atoms with Crippen LogP contribution in [-0.2, 0) is 0 Å². The van der Waals surface area contributed by atoms with Crippen LogP contribution in [0.15, 0.2) is 36.4 Å². The Morgan fingerprint density at radius 2 is 1.68 bits per heavy atom. The van der Waals surface area contributed by atoms with Gasteiger partial charge in [-0.2, -0.15) is 0 Å². The molecule has 0 bridgehead atoms. The summed E-state index contributed by atoms with van der Waals surface area (Å²) < 4.78 is 0.0315. The topological polar surface area (TPSA) is 22.0 Å². The zero-order valence-corrected chi connectivity index (χ0v) is 12.7. The van der Waals surface area contributed by atoms with Crippen LogP contribution in [0.3, 0.4) is 0 Å². The number of aromatic nitrogens is 1. The van der Waals surface area contributed by atoms with Crippen LogP contribution in [0.4, 0.5) is 0 Å². The van der Waals surface area contributed by atoms with Gasteiger partial charge < -0.3 is 4.57 Å². The fraction of sp³-hybridized carbons (Fsp3) is 0.214. The molecule has 0 aliphatic heterocycles. The van der Waals surface area contributed by atoms with Crippen molar-refractivity contribution < 1.29 is 4.79 Å². The first-order valence-corrected chi connectivity index (χ1v) is 6.81. The van der Waals surface area contributed by atoms with Crippen molar-refractivity contribution in [3.05, 3.63) is 53.3 Å². The molecular formula is C14H12Cl3NO. The lowest BCUT2D eigenvalue weighted by Crippen LogP contribution is -2.19. The molecule has 0 saturated heterocycles. The van der Waals surface area contributed by atoms with Crippen molar-refractivity contribution in [3.63, 3.8) is 0 Å². The van der Waals surface area contributed by atoms with Crippen LogP contribution in [0.2, 0.25) is 0 Å². The Labute approximate surface area is 126 Å². The average Bonchev–Trinajstić information content (AvgIpc) is 2.64. The first-order chi connectivity index (χ1) is 8.82. The summed E-state index contributed by atoms with van der Waals surface area (Å²) in [6, 6.07) is 11.5. The van der Waals surface area contributed by atoms with E-state index >= 15 is 0 Å². The molecule has 0 radical (unpaired) electrons. The molecule has 2 nitrogen and oxygen atoms in total. The van der Waals surface area contributed by atoms with Gasteiger partial charge in [0, 0.05) is 22.6 Å². The van der Waals surface area contributed by atoms with Crippen molar-refractivity contribution in [3.8, 4) is 5.69 Å². The number of halogens is 3. The van der Waals surface area contributed by atoms with E-state index in [-0.39, 0.29) is 0 Å². The summed E-state index contributed by atoms with van der Waals surface area (Å²) in [5.41, 5.74) is 3.09. The molecule has 1 aromatic carbocycles. The monoisotopic (exact) mass is 315 g/mol. The van der Waals surface area contributed by atoms with Gasteiger partial charge in [-0.05, 0) is 32.0 Å². The normalized spacial score (nSPS) is 11.6. The minimum atomic E-state index is -1.93. The third-order valence-corrected chi connectivity index (χ3v) is 3.46. The molecule has 1 heterocycles. The number of Topliss-reactive ketones (excluding diaryl/α,β-unsaturated/α-hetero) is 1. The van der Waals surface area contributed by atoms with Crippen LogP contribution >= 0.6 is 34.8 Å². The SMILES string of the molecule is Cc1cc(C(=O)C(Cl)(Cl)Cl)c(C)n1-c1ccccc1. The highest BCUT2D eigenvalue weighted by Gasteiger charge is 2.34. The van der Waals surface area contributed by atoms with Gasteiger partial charge in [-0.3, -0.25) is 4.79 Å². The van der Waals surface area contributed by atoms with Crippen molar-refractivity contribution in [2.45, 2.75) is 17.6 Å². The molecule has 0 aliphatic carbocycles. The van der Waals surface area contributed by atoms with Gasteiger partial charge in [-0.1, -0.05) is 53.0 Å². The first-order valence-electron chi connectivity index (χ1n) is 5.68. The van der Waals surface area contributed by atoms with Crippen LogP contribution in [0.1, 0.15) is 21.7 Å². The molecule has 0 N–H and O–H groups in total. The Kier molecular flexibility index (Phi) is 3.95. The maximum absolute atomic E-state index is 12.1. The number of nitrogens with zero attached hydrogens (tertiary/aromatic N) is 1. The Morgan fingerprint density at radius 3 is 2.21 bits per heavy atom. The molecule has 0 saturated carbocycles. The van der Waals surface area contributed by atoms with E-state index in [2.05, 4.69) is 0 Å². The van der Waals surface area contributed by atoms with Gasteiger partial charge in [-0.25, -0.2) is 0 Å². The molecule has 0 spiro atoms. The number of hydrogen-bond acceptors (Lipinski definition) is 1. The van der Waals surface area contributed by atoms with E-state index in [4.69, 9.17) is 34.8 Å². The third kappa shape index (κ3) is 2.81. The predicted molar refractivity (Wildman–Crippen MR) is 79.9 cm³/mol. The van der Waals surface area contributed by atoms with E-state index in [0.29, 0.717) is 5.56 Å². The molecule has 0 unspecified atom stereocenters. The summed E-state index contributed by atoms with van der Waals surface area (Å²) in [6.07, 6.45) is 0. The van der Waals surface area contributed by atoms with E-state index in [1.165, 1.54) is 0 Å². The summed E-state index contributed by atoms with van der Waals surface area (Å²) in [5, 5.41) is 0. The smallest absolute Gasteiger partial charge is 0.253 e. The Balaban J connectivity index is 2.56. The lowest BCUT2D eigenvalue weighted by atomic mass is 10.2. The average molecular weight is 317 g/mol. The molecular weight excluding hydrogens is 305 g/mol.